The Labute approximate surface area is 154 Å². The van der Waals surface area contributed by atoms with Gasteiger partial charge in [-0.05, 0) is 67.1 Å². The summed E-state index contributed by atoms with van der Waals surface area (Å²) < 4.78 is 13.1. The first-order valence-corrected chi connectivity index (χ1v) is 9.05. The molecule has 0 unspecified atom stereocenters. The summed E-state index contributed by atoms with van der Waals surface area (Å²) in [4.78, 5) is 14.8. The van der Waals surface area contributed by atoms with Crippen molar-refractivity contribution in [3.8, 4) is 0 Å². The largest absolute Gasteiger partial charge is 0.397 e. The molecule has 3 N–H and O–H groups in total. The molecule has 0 bridgehead atoms. The molecule has 2 aromatic rings. The highest BCUT2D eigenvalue weighted by atomic mass is 19.1. The summed E-state index contributed by atoms with van der Waals surface area (Å²) in [7, 11) is 0. The second-order valence-electron chi connectivity index (χ2n) is 7.54. The summed E-state index contributed by atoms with van der Waals surface area (Å²) in [5.41, 5.74) is 9.85. The Morgan fingerprint density at radius 3 is 2.38 bits per heavy atom. The molecule has 4 nitrogen and oxygen atoms in total. The van der Waals surface area contributed by atoms with Gasteiger partial charge in [0.25, 0.3) is 5.91 Å². The molecule has 1 fully saturated rings. The normalized spacial score (nSPS) is 20.1. The zero-order chi connectivity index (χ0) is 18.8. The third kappa shape index (κ3) is 3.98. The summed E-state index contributed by atoms with van der Waals surface area (Å²) in [5, 5.41) is 2.86. The van der Waals surface area contributed by atoms with Gasteiger partial charge in [0.15, 0.2) is 0 Å². The number of carbonyl (C=O) groups excluding carboxylic acids is 1. The van der Waals surface area contributed by atoms with E-state index in [1.807, 2.05) is 19.1 Å². The van der Waals surface area contributed by atoms with E-state index in [0.29, 0.717) is 28.8 Å². The van der Waals surface area contributed by atoms with Crippen molar-refractivity contribution >= 4 is 23.0 Å². The van der Waals surface area contributed by atoms with E-state index in [1.54, 1.807) is 0 Å². The average Bonchev–Trinajstić information content (AvgIpc) is 2.57. The van der Waals surface area contributed by atoms with E-state index in [2.05, 4.69) is 24.1 Å². The monoisotopic (exact) mass is 355 g/mol. The molecule has 5 heteroatoms. The minimum Gasteiger partial charge on any atom is -0.397 e. The molecule has 138 valence electrons. The lowest BCUT2D eigenvalue weighted by Gasteiger charge is -2.37. The molecule has 1 amide bonds. The summed E-state index contributed by atoms with van der Waals surface area (Å²) in [6, 6.07) is 9.33. The van der Waals surface area contributed by atoms with E-state index in [9.17, 15) is 9.18 Å². The zero-order valence-electron chi connectivity index (χ0n) is 15.6. The van der Waals surface area contributed by atoms with Gasteiger partial charge in [0.1, 0.15) is 5.82 Å². The quantitative estimate of drug-likeness (QED) is 0.800. The van der Waals surface area contributed by atoms with Crippen LogP contribution in [-0.4, -0.2) is 19.0 Å². The lowest BCUT2D eigenvalue weighted by Crippen LogP contribution is -2.39. The third-order valence-electron chi connectivity index (χ3n) is 4.93. The van der Waals surface area contributed by atoms with E-state index in [0.717, 1.165) is 24.3 Å². The third-order valence-corrected chi connectivity index (χ3v) is 4.93. The van der Waals surface area contributed by atoms with Crippen LogP contribution in [0.3, 0.4) is 0 Å². The van der Waals surface area contributed by atoms with Gasteiger partial charge in [0.2, 0.25) is 0 Å². The van der Waals surface area contributed by atoms with Gasteiger partial charge in [-0.3, -0.25) is 4.79 Å². The van der Waals surface area contributed by atoms with Crippen LogP contribution in [0.2, 0.25) is 0 Å². The zero-order valence-corrected chi connectivity index (χ0v) is 15.6. The maximum Gasteiger partial charge on any atom is 0.255 e. The SMILES string of the molecule is Cc1cc(N)c(NC(=O)c2ccc(F)cc2)cc1N1C[C@H](C)C[C@@H](C)C1. The predicted molar refractivity (Wildman–Crippen MR) is 105 cm³/mol. The van der Waals surface area contributed by atoms with Gasteiger partial charge in [-0.1, -0.05) is 13.8 Å². The van der Waals surface area contributed by atoms with Crippen molar-refractivity contribution in [1.82, 2.24) is 0 Å². The lowest BCUT2D eigenvalue weighted by molar-refractivity contribution is 0.102. The van der Waals surface area contributed by atoms with E-state index < -0.39 is 0 Å². The fourth-order valence-electron chi connectivity index (χ4n) is 3.82. The number of hydrogen-bond acceptors (Lipinski definition) is 3. The fourth-order valence-corrected chi connectivity index (χ4v) is 3.82. The molecule has 0 aromatic heterocycles. The molecular formula is C21H26FN3O. The van der Waals surface area contributed by atoms with Crippen LogP contribution in [0.4, 0.5) is 21.5 Å². The maximum atomic E-state index is 13.1. The summed E-state index contributed by atoms with van der Waals surface area (Å²) in [6.07, 6.45) is 1.23. The van der Waals surface area contributed by atoms with Crippen molar-refractivity contribution < 1.29 is 9.18 Å². The topological polar surface area (TPSA) is 58.4 Å². The number of amides is 1. The number of anilines is 3. The van der Waals surface area contributed by atoms with Crippen LogP contribution >= 0.6 is 0 Å². The first kappa shape index (κ1) is 18.2. The van der Waals surface area contributed by atoms with E-state index >= 15 is 0 Å². The molecule has 1 aliphatic rings. The van der Waals surface area contributed by atoms with Crippen LogP contribution < -0.4 is 16.0 Å². The van der Waals surface area contributed by atoms with Crippen LogP contribution in [-0.2, 0) is 0 Å². The van der Waals surface area contributed by atoms with Gasteiger partial charge in [0, 0.05) is 24.3 Å². The number of piperidine rings is 1. The molecule has 1 aliphatic heterocycles. The number of nitrogen functional groups attached to an aromatic ring is 1. The highest BCUT2D eigenvalue weighted by Crippen LogP contribution is 2.33. The summed E-state index contributed by atoms with van der Waals surface area (Å²) in [5.74, 6) is 0.597. The Morgan fingerprint density at radius 1 is 1.15 bits per heavy atom. The van der Waals surface area contributed by atoms with E-state index in [4.69, 9.17) is 5.73 Å². The molecule has 3 rings (SSSR count). The molecule has 0 radical (unpaired) electrons. The number of aryl methyl sites for hydroxylation is 1. The van der Waals surface area contributed by atoms with Crippen LogP contribution in [0.5, 0.6) is 0 Å². The number of nitrogens with two attached hydrogens (primary N) is 1. The molecule has 0 aliphatic carbocycles. The van der Waals surface area contributed by atoms with Crippen molar-refractivity contribution in [1.29, 1.82) is 0 Å². The number of nitrogens with zero attached hydrogens (tertiary/aromatic N) is 1. The molecule has 2 aromatic carbocycles. The van der Waals surface area contributed by atoms with Crippen molar-refractivity contribution in [2.45, 2.75) is 27.2 Å². The lowest BCUT2D eigenvalue weighted by atomic mass is 9.91. The molecular weight excluding hydrogens is 329 g/mol. The number of benzene rings is 2. The molecule has 0 saturated carbocycles. The van der Waals surface area contributed by atoms with Gasteiger partial charge < -0.3 is 16.0 Å². The van der Waals surface area contributed by atoms with Crippen molar-refractivity contribution in [2.75, 3.05) is 29.0 Å². The number of rotatable bonds is 3. The van der Waals surface area contributed by atoms with E-state index in [1.165, 1.54) is 30.7 Å². The van der Waals surface area contributed by atoms with Crippen molar-refractivity contribution in [3.63, 3.8) is 0 Å². The van der Waals surface area contributed by atoms with Crippen LogP contribution in [0, 0.1) is 24.6 Å². The second-order valence-corrected chi connectivity index (χ2v) is 7.54. The Morgan fingerprint density at radius 2 is 1.77 bits per heavy atom. The molecule has 2 atom stereocenters. The average molecular weight is 355 g/mol. The van der Waals surface area contributed by atoms with Crippen LogP contribution in [0.15, 0.2) is 36.4 Å². The minimum atomic E-state index is -0.368. The summed E-state index contributed by atoms with van der Waals surface area (Å²) >= 11 is 0. The molecule has 26 heavy (non-hydrogen) atoms. The first-order chi connectivity index (χ1) is 12.3. The van der Waals surface area contributed by atoms with E-state index in [-0.39, 0.29) is 11.7 Å². The van der Waals surface area contributed by atoms with Crippen LogP contribution in [0.1, 0.15) is 36.2 Å². The number of hydrogen-bond donors (Lipinski definition) is 2. The predicted octanol–water partition coefficient (Wildman–Crippen LogP) is 4.45. The standard InChI is InChI=1S/C21H26FN3O/c1-13-8-14(2)12-25(11-13)20-10-19(18(23)9-15(20)3)24-21(26)16-4-6-17(22)7-5-16/h4-7,9-10,13-14H,8,11-12,23H2,1-3H3,(H,24,26)/t13-,14-/m1/s1. The highest BCUT2D eigenvalue weighted by Gasteiger charge is 2.24. The number of carbonyl (C=O) groups is 1. The Kier molecular flexibility index (Phi) is 5.16. The highest BCUT2D eigenvalue weighted by molar-refractivity contribution is 6.06. The van der Waals surface area contributed by atoms with Gasteiger partial charge in [0.05, 0.1) is 11.4 Å². The fraction of sp³-hybridized carbons (Fsp3) is 0.381. The first-order valence-electron chi connectivity index (χ1n) is 9.05. The molecule has 0 spiro atoms. The molecule has 1 saturated heterocycles. The van der Waals surface area contributed by atoms with Crippen LogP contribution in [0.25, 0.3) is 0 Å². The number of halogens is 1. The maximum absolute atomic E-state index is 13.1. The van der Waals surface area contributed by atoms with Crippen molar-refractivity contribution in [3.05, 3.63) is 53.3 Å². The van der Waals surface area contributed by atoms with Gasteiger partial charge in [-0.25, -0.2) is 4.39 Å². The van der Waals surface area contributed by atoms with Gasteiger partial charge in [-0.2, -0.15) is 0 Å². The van der Waals surface area contributed by atoms with Crippen molar-refractivity contribution in [2.24, 2.45) is 11.8 Å². The Balaban J connectivity index is 1.86. The smallest absolute Gasteiger partial charge is 0.255 e. The summed E-state index contributed by atoms with van der Waals surface area (Å²) in [6.45, 7) is 8.58. The Hall–Kier alpha value is -2.56. The Bertz CT molecular complexity index is 794. The number of nitrogens with one attached hydrogen (secondary N) is 1. The van der Waals surface area contributed by atoms with Gasteiger partial charge >= 0.3 is 0 Å². The second kappa shape index (κ2) is 7.36. The minimum absolute atomic E-state index is 0.299. The van der Waals surface area contributed by atoms with Gasteiger partial charge in [-0.15, -0.1) is 0 Å². The molecule has 1 heterocycles.